The van der Waals surface area contributed by atoms with Crippen molar-refractivity contribution < 1.29 is 58.8 Å². The van der Waals surface area contributed by atoms with E-state index in [4.69, 9.17) is 0 Å². The Labute approximate surface area is 345 Å². The van der Waals surface area contributed by atoms with Gasteiger partial charge in [-0.05, 0) is 81.7 Å². The smallest absolute Gasteiger partial charge is 0.416 e. The number of fused-ring (bicyclic) bond motifs is 2. The van der Waals surface area contributed by atoms with Crippen molar-refractivity contribution in [3.05, 3.63) is 72.3 Å². The van der Waals surface area contributed by atoms with Gasteiger partial charge in [0.1, 0.15) is 34.5 Å². The maximum Gasteiger partial charge on any atom is 0.416 e. The van der Waals surface area contributed by atoms with Gasteiger partial charge in [-0.3, -0.25) is 8.80 Å². The van der Waals surface area contributed by atoms with Crippen molar-refractivity contribution in [1.82, 2.24) is 39.1 Å². The molecule has 4 atom stereocenters. The van der Waals surface area contributed by atoms with E-state index in [9.17, 15) is 44.6 Å². The van der Waals surface area contributed by atoms with E-state index in [1.165, 1.54) is 12.3 Å². The average molecular weight is 881 g/mol. The zero-order valence-corrected chi connectivity index (χ0v) is 32.6. The van der Waals surface area contributed by atoms with Gasteiger partial charge in [0.05, 0.1) is 34.3 Å². The molecule has 2 aliphatic rings. The molecule has 3 N–H and O–H groups in total. The Bertz CT molecular complexity index is 2570. The summed E-state index contributed by atoms with van der Waals surface area (Å²) in [4.78, 5) is 6.91. The van der Waals surface area contributed by atoms with Gasteiger partial charge < -0.3 is 34.9 Å². The summed E-state index contributed by atoms with van der Waals surface area (Å²) in [6, 6.07) is 7.86. The van der Waals surface area contributed by atoms with Crippen LogP contribution in [-0.4, -0.2) is 101 Å². The lowest BCUT2D eigenvalue weighted by Gasteiger charge is -2.49. The molecular formula is C39H37F9N10O4. The Balaban J connectivity index is 1.19. The number of imidazole rings is 1. The third kappa shape index (κ3) is 8.41. The highest BCUT2D eigenvalue weighted by Crippen LogP contribution is 2.48. The van der Waals surface area contributed by atoms with Gasteiger partial charge in [-0.1, -0.05) is 6.92 Å². The lowest BCUT2D eigenvalue weighted by atomic mass is 9.66. The zero-order chi connectivity index (χ0) is 44.1. The molecule has 8 rings (SSSR count). The minimum absolute atomic E-state index is 0.00454. The number of aromatic nitrogens is 7. The second kappa shape index (κ2) is 16.6. The van der Waals surface area contributed by atoms with Crippen molar-refractivity contribution >= 4 is 22.9 Å². The first-order valence-electron chi connectivity index (χ1n) is 19.3. The topological polar surface area (TPSA) is 148 Å². The number of likely N-dealkylation sites (tertiary alicyclic amines) is 1. The predicted octanol–water partition coefficient (Wildman–Crippen LogP) is 7.94. The first kappa shape index (κ1) is 42.6. The van der Waals surface area contributed by atoms with Crippen LogP contribution in [0.4, 0.5) is 51.4 Å². The van der Waals surface area contributed by atoms with Crippen LogP contribution in [0.2, 0.25) is 0 Å². The van der Waals surface area contributed by atoms with Gasteiger partial charge in [0.2, 0.25) is 11.9 Å². The molecule has 1 saturated carbocycles. The summed E-state index contributed by atoms with van der Waals surface area (Å²) < 4.78 is 138. The summed E-state index contributed by atoms with van der Waals surface area (Å²) in [5.41, 5.74) is -2.45. The lowest BCUT2D eigenvalue weighted by Crippen LogP contribution is -2.57. The van der Waals surface area contributed by atoms with E-state index in [1.807, 2.05) is 6.92 Å². The number of alkyl halides is 9. The number of piperidine rings is 1. The number of hydrogen-bond donors (Lipinski definition) is 3. The number of nitrogens with zero attached hydrogens (tertiary/aromatic N) is 8. The second-order valence-electron chi connectivity index (χ2n) is 15.0. The molecule has 1 unspecified atom stereocenters. The number of hydrogen-bond acceptors (Lipinski definition) is 12. The fraction of sp³-hybridized carbons (Fsp3) is 0.410. The molecule has 5 heterocycles. The molecule has 23 heteroatoms. The third-order valence-corrected chi connectivity index (χ3v) is 11.0. The van der Waals surface area contributed by atoms with Crippen molar-refractivity contribution in [1.29, 1.82) is 0 Å². The lowest BCUT2D eigenvalue weighted by molar-refractivity contribution is -0.138. The first-order valence-corrected chi connectivity index (χ1v) is 19.3. The van der Waals surface area contributed by atoms with Gasteiger partial charge >= 0.3 is 26.0 Å². The van der Waals surface area contributed by atoms with Crippen molar-refractivity contribution in [3.8, 4) is 39.8 Å². The molecule has 0 bridgehead atoms. The monoisotopic (exact) mass is 880 g/mol. The largest absolute Gasteiger partial charge is 0.435 e. The normalized spacial score (nSPS) is 20.9. The maximum atomic E-state index is 13.7. The number of likely N-dealkylation sites (N-methyl/N-ethyl adjacent to an activating group) is 1. The molecule has 1 saturated heterocycles. The molecule has 0 amide bonds. The highest BCUT2D eigenvalue weighted by molar-refractivity contribution is 5.83. The molecule has 62 heavy (non-hydrogen) atoms. The molecule has 14 nitrogen and oxygen atoms in total. The van der Waals surface area contributed by atoms with Gasteiger partial charge in [0, 0.05) is 42.0 Å². The Morgan fingerprint density at radius 2 is 1.50 bits per heavy atom. The molecule has 6 aromatic rings. The van der Waals surface area contributed by atoms with Crippen molar-refractivity contribution in [2.45, 2.75) is 82.7 Å². The summed E-state index contributed by atoms with van der Waals surface area (Å²) in [5, 5.41) is 35.8. The summed E-state index contributed by atoms with van der Waals surface area (Å²) in [5.74, 6) is -2.02. The minimum atomic E-state index is -4.87. The van der Waals surface area contributed by atoms with E-state index in [-0.39, 0.29) is 58.2 Å². The van der Waals surface area contributed by atoms with E-state index in [2.05, 4.69) is 55.1 Å². The number of halogens is 9. The highest BCUT2D eigenvalue weighted by atomic mass is 19.4. The Hall–Kier alpha value is -6.10. The predicted molar refractivity (Wildman–Crippen MR) is 204 cm³/mol. The molecule has 1 aliphatic carbocycles. The standard InChI is InChI=1S/C39H37F9N10O4/c1-3-56-12-4-6-20(18-56)50-37-55-53-31(22-10-8-19(39(46,47)48)14-27(22)61-34(42)43)26-17-49-32(58(26)37)29-24(16-38(29,2)59)51-36-54-52-30(25-7-5-13-57(25)36)23-11-9-21(60-33(40)41)15-28(23)62-35(44)45/h5,7-11,13-15,17,20,24,29,33-35,59H,3-4,6,12,16,18H2,1-2H3,(H,50,55)(H,51,54)/t20-,24+,29?,38+/m1/s1. The summed E-state index contributed by atoms with van der Waals surface area (Å²) in [6.07, 6.45) is -0.159. The first-order chi connectivity index (χ1) is 29.5. The second-order valence-corrected chi connectivity index (χ2v) is 15.0. The van der Waals surface area contributed by atoms with Crippen LogP contribution in [0.15, 0.2) is 60.9 Å². The van der Waals surface area contributed by atoms with Crippen molar-refractivity contribution in [3.63, 3.8) is 0 Å². The van der Waals surface area contributed by atoms with Crippen LogP contribution in [0, 0.1) is 0 Å². The van der Waals surface area contributed by atoms with E-state index in [0.29, 0.717) is 24.2 Å². The number of anilines is 2. The van der Waals surface area contributed by atoms with E-state index >= 15 is 0 Å². The van der Waals surface area contributed by atoms with Gasteiger partial charge in [-0.25, -0.2) is 4.98 Å². The van der Waals surface area contributed by atoms with Crippen molar-refractivity contribution in [2.24, 2.45) is 0 Å². The number of rotatable bonds is 14. The minimum Gasteiger partial charge on any atom is -0.435 e. The Morgan fingerprint density at radius 3 is 2.16 bits per heavy atom. The molecule has 330 valence electrons. The molecular weight excluding hydrogens is 843 g/mol. The summed E-state index contributed by atoms with van der Waals surface area (Å²) in [6.45, 7) is -4.08. The quantitative estimate of drug-likeness (QED) is 0.0913. The number of aliphatic hydroxyl groups is 1. The van der Waals surface area contributed by atoms with E-state index in [1.54, 1.807) is 34.1 Å². The average Bonchev–Trinajstić information content (AvgIpc) is 3.86. The molecule has 1 aliphatic heterocycles. The van der Waals surface area contributed by atoms with Crippen LogP contribution in [0.3, 0.4) is 0 Å². The third-order valence-electron chi connectivity index (χ3n) is 11.0. The molecule has 2 fully saturated rings. The molecule has 2 aromatic carbocycles. The summed E-state index contributed by atoms with van der Waals surface area (Å²) in [7, 11) is 0. The van der Waals surface area contributed by atoms with Gasteiger partial charge in [-0.15, -0.1) is 20.4 Å². The van der Waals surface area contributed by atoms with Crippen LogP contribution in [-0.2, 0) is 6.18 Å². The molecule has 0 radical (unpaired) electrons. The number of ether oxygens (including phenoxy) is 3. The van der Waals surface area contributed by atoms with Crippen LogP contribution in [0.5, 0.6) is 17.2 Å². The molecule has 0 spiro atoms. The van der Waals surface area contributed by atoms with Gasteiger partial charge in [0.25, 0.3) is 0 Å². The zero-order valence-electron chi connectivity index (χ0n) is 32.6. The summed E-state index contributed by atoms with van der Waals surface area (Å²) >= 11 is 0. The SMILES string of the molecule is CCN1CCC[C@@H](Nc2nnc(-c3ccc(C(F)(F)F)cc3OC(F)F)c3cnc(C4[C@@H](Nc5nnc(-c6ccc(OC(F)F)cc6OC(F)F)c6cccn56)C[C@]4(C)O)n23)C1. The van der Waals surface area contributed by atoms with E-state index < -0.39 is 66.4 Å². The van der Waals surface area contributed by atoms with Crippen LogP contribution < -0.4 is 24.8 Å². The van der Waals surface area contributed by atoms with E-state index in [0.717, 1.165) is 44.1 Å². The Kier molecular flexibility index (Phi) is 11.4. The van der Waals surface area contributed by atoms with Gasteiger partial charge in [0.15, 0.2) is 0 Å². The van der Waals surface area contributed by atoms with Crippen LogP contribution >= 0.6 is 0 Å². The Morgan fingerprint density at radius 1 is 0.839 bits per heavy atom. The van der Waals surface area contributed by atoms with Gasteiger partial charge in [-0.2, -0.15) is 39.5 Å². The fourth-order valence-corrected chi connectivity index (χ4v) is 8.22. The van der Waals surface area contributed by atoms with Crippen molar-refractivity contribution in [2.75, 3.05) is 30.3 Å². The fourth-order valence-electron chi connectivity index (χ4n) is 8.22. The number of nitrogens with one attached hydrogen (secondary N) is 2. The highest BCUT2D eigenvalue weighted by Gasteiger charge is 2.53. The number of benzene rings is 2. The van der Waals surface area contributed by atoms with Crippen LogP contribution in [0.1, 0.15) is 50.4 Å². The molecule has 4 aromatic heterocycles. The maximum absolute atomic E-state index is 13.7. The van der Waals surface area contributed by atoms with Crippen LogP contribution in [0.25, 0.3) is 33.5 Å².